The predicted octanol–water partition coefficient (Wildman–Crippen LogP) is 4.05. The molecule has 0 radical (unpaired) electrons. The molecule has 0 saturated carbocycles. The third-order valence-corrected chi connectivity index (χ3v) is 5.43. The van der Waals surface area contributed by atoms with E-state index in [1.165, 1.54) is 17.7 Å². The first-order chi connectivity index (χ1) is 14.6. The van der Waals surface area contributed by atoms with Crippen molar-refractivity contribution in [2.24, 2.45) is 0 Å². The third-order valence-electron chi connectivity index (χ3n) is 5.43. The first-order valence-corrected chi connectivity index (χ1v) is 10.1. The second-order valence-electron chi connectivity index (χ2n) is 7.46. The number of aryl methyl sites for hydroxylation is 1. The van der Waals surface area contributed by atoms with Crippen LogP contribution in [0.25, 0.3) is 11.4 Å². The average molecular weight is 409 g/mol. The number of benzene rings is 2. The summed E-state index contributed by atoms with van der Waals surface area (Å²) in [5, 5.41) is 3.93. The van der Waals surface area contributed by atoms with E-state index in [4.69, 9.17) is 9.26 Å². The zero-order chi connectivity index (χ0) is 20.9. The fourth-order valence-electron chi connectivity index (χ4n) is 3.88. The Hall–Kier alpha value is -3.22. The highest BCUT2D eigenvalue weighted by Crippen LogP contribution is 2.24. The van der Waals surface area contributed by atoms with Crippen molar-refractivity contribution in [2.45, 2.75) is 38.1 Å². The van der Waals surface area contributed by atoms with Crippen LogP contribution in [-0.4, -0.2) is 40.6 Å². The van der Waals surface area contributed by atoms with Crippen molar-refractivity contribution in [1.29, 1.82) is 0 Å². The molecule has 1 unspecified atom stereocenters. The normalized spacial score (nSPS) is 16.1. The molecule has 1 aliphatic rings. The number of methoxy groups -OCH3 is 1. The van der Waals surface area contributed by atoms with Crippen molar-refractivity contribution in [3.05, 3.63) is 65.8 Å². The summed E-state index contributed by atoms with van der Waals surface area (Å²) in [5.41, 5.74) is 1.84. The lowest BCUT2D eigenvalue weighted by Gasteiger charge is -2.25. The van der Waals surface area contributed by atoms with Crippen LogP contribution in [0, 0.1) is 5.82 Å². The molecule has 0 N–H and O–H groups in total. The summed E-state index contributed by atoms with van der Waals surface area (Å²) in [6, 6.07) is 14.1. The highest BCUT2D eigenvalue weighted by atomic mass is 19.1. The summed E-state index contributed by atoms with van der Waals surface area (Å²) in [6.07, 6.45) is 3.53. The maximum atomic E-state index is 13.1. The zero-order valence-corrected chi connectivity index (χ0v) is 16.9. The minimum Gasteiger partial charge on any atom is -0.497 e. The summed E-state index contributed by atoms with van der Waals surface area (Å²) < 4.78 is 23.6. The fourth-order valence-corrected chi connectivity index (χ4v) is 3.88. The topological polar surface area (TPSA) is 68.5 Å². The highest BCUT2D eigenvalue weighted by Gasteiger charge is 2.28. The highest BCUT2D eigenvalue weighted by molar-refractivity contribution is 5.77. The predicted molar refractivity (Wildman–Crippen MR) is 109 cm³/mol. The molecule has 1 aromatic heterocycles. The maximum Gasteiger partial charge on any atom is 0.227 e. The molecule has 1 aliphatic heterocycles. The van der Waals surface area contributed by atoms with Crippen molar-refractivity contribution in [3.8, 4) is 17.1 Å². The van der Waals surface area contributed by atoms with Crippen molar-refractivity contribution in [2.75, 3.05) is 13.7 Å². The van der Waals surface area contributed by atoms with Crippen LogP contribution in [0.15, 0.2) is 53.1 Å². The Balaban J connectivity index is 1.34. The van der Waals surface area contributed by atoms with E-state index in [0.717, 1.165) is 31.6 Å². The van der Waals surface area contributed by atoms with Gasteiger partial charge in [-0.2, -0.15) is 4.98 Å². The van der Waals surface area contributed by atoms with Gasteiger partial charge in [-0.3, -0.25) is 4.79 Å². The van der Waals surface area contributed by atoms with Crippen LogP contribution in [0.4, 0.5) is 4.39 Å². The molecule has 6 nitrogen and oxygen atoms in total. The smallest absolute Gasteiger partial charge is 0.227 e. The number of hydrogen-bond donors (Lipinski definition) is 0. The van der Waals surface area contributed by atoms with Crippen molar-refractivity contribution in [1.82, 2.24) is 15.0 Å². The van der Waals surface area contributed by atoms with Crippen LogP contribution < -0.4 is 4.74 Å². The van der Waals surface area contributed by atoms with E-state index in [0.29, 0.717) is 30.1 Å². The summed E-state index contributed by atoms with van der Waals surface area (Å²) >= 11 is 0. The molecule has 4 rings (SSSR count). The van der Waals surface area contributed by atoms with Gasteiger partial charge in [0.25, 0.3) is 0 Å². The van der Waals surface area contributed by atoms with Gasteiger partial charge in [0.1, 0.15) is 11.6 Å². The molecule has 0 aliphatic carbocycles. The van der Waals surface area contributed by atoms with Crippen LogP contribution >= 0.6 is 0 Å². The van der Waals surface area contributed by atoms with Gasteiger partial charge in [0, 0.05) is 31.0 Å². The number of aromatic nitrogens is 2. The number of likely N-dealkylation sites (tertiary alicyclic amines) is 1. The first-order valence-electron chi connectivity index (χ1n) is 10.1. The minimum absolute atomic E-state index is 0.0990. The number of hydrogen-bond acceptors (Lipinski definition) is 5. The van der Waals surface area contributed by atoms with E-state index in [9.17, 15) is 9.18 Å². The number of halogens is 1. The van der Waals surface area contributed by atoms with Gasteiger partial charge in [0.15, 0.2) is 0 Å². The molecule has 1 atom stereocenters. The van der Waals surface area contributed by atoms with E-state index < -0.39 is 0 Å². The lowest BCUT2D eigenvalue weighted by Crippen LogP contribution is -2.36. The van der Waals surface area contributed by atoms with Crippen molar-refractivity contribution < 1.29 is 18.4 Å². The lowest BCUT2D eigenvalue weighted by atomic mass is 10.0. The van der Waals surface area contributed by atoms with Gasteiger partial charge in [-0.1, -0.05) is 17.3 Å². The Labute approximate surface area is 174 Å². The SMILES string of the molecule is COc1cccc(CC2CCCN2C(=O)CCc2nc(-c3ccc(F)cc3)no2)c1. The minimum atomic E-state index is -0.317. The van der Waals surface area contributed by atoms with E-state index in [1.807, 2.05) is 23.1 Å². The Morgan fingerprint density at radius 2 is 2.10 bits per heavy atom. The number of nitrogens with zero attached hydrogens (tertiary/aromatic N) is 3. The number of rotatable bonds is 7. The molecule has 2 heterocycles. The Morgan fingerprint density at radius 3 is 2.90 bits per heavy atom. The maximum absolute atomic E-state index is 13.1. The summed E-state index contributed by atoms with van der Waals surface area (Å²) in [5.74, 6) is 1.42. The molecule has 2 aromatic carbocycles. The van der Waals surface area contributed by atoms with Gasteiger partial charge in [0.05, 0.1) is 7.11 Å². The standard InChI is InChI=1S/C23H24FN3O3/c1-29-20-6-2-4-16(15-20)14-19-5-3-13-27(19)22(28)12-11-21-25-23(26-30-21)17-7-9-18(24)10-8-17/h2,4,6-10,15,19H,3,5,11-14H2,1H3. The second kappa shape index (κ2) is 9.07. The summed E-state index contributed by atoms with van der Waals surface area (Å²) in [6.45, 7) is 0.776. The largest absolute Gasteiger partial charge is 0.497 e. The van der Waals surface area contributed by atoms with Gasteiger partial charge >= 0.3 is 0 Å². The lowest BCUT2D eigenvalue weighted by molar-refractivity contribution is -0.132. The second-order valence-corrected chi connectivity index (χ2v) is 7.46. The molecule has 1 fully saturated rings. The Bertz CT molecular complexity index is 1000. The van der Waals surface area contributed by atoms with Gasteiger partial charge in [-0.05, 0) is 61.2 Å². The summed E-state index contributed by atoms with van der Waals surface area (Å²) in [7, 11) is 1.66. The molecule has 156 valence electrons. The van der Waals surface area contributed by atoms with Crippen molar-refractivity contribution >= 4 is 5.91 Å². The number of carbonyl (C=O) groups is 1. The molecule has 0 bridgehead atoms. The number of ether oxygens (including phenoxy) is 1. The van der Waals surface area contributed by atoms with Gasteiger partial charge < -0.3 is 14.2 Å². The Morgan fingerprint density at radius 1 is 1.27 bits per heavy atom. The molecule has 1 saturated heterocycles. The van der Waals surface area contributed by atoms with E-state index in [2.05, 4.69) is 16.2 Å². The average Bonchev–Trinajstić information content (AvgIpc) is 3.42. The number of carbonyl (C=O) groups excluding carboxylic acids is 1. The molecular formula is C23H24FN3O3. The van der Waals surface area contributed by atoms with Gasteiger partial charge in [-0.15, -0.1) is 0 Å². The van der Waals surface area contributed by atoms with Crippen LogP contribution in [0.1, 0.15) is 30.7 Å². The third kappa shape index (κ3) is 4.67. The zero-order valence-electron chi connectivity index (χ0n) is 16.9. The molecule has 3 aromatic rings. The van der Waals surface area contributed by atoms with Crippen LogP contribution in [0.2, 0.25) is 0 Å². The van der Waals surface area contributed by atoms with E-state index in [1.54, 1.807) is 19.2 Å². The molecular weight excluding hydrogens is 385 g/mol. The molecule has 1 amide bonds. The van der Waals surface area contributed by atoms with Crippen LogP contribution in [0.3, 0.4) is 0 Å². The monoisotopic (exact) mass is 409 g/mol. The fraction of sp³-hybridized carbons (Fsp3) is 0.348. The van der Waals surface area contributed by atoms with Crippen LogP contribution in [0.5, 0.6) is 5.75 Å². The van der Waals surface area contributed by atoms with E-state index in [-0.39, 0.29) is 17.8 Å². The molecule has 7 heteroatoms. The summed E-state index contributed by atoms with van der Waals surface area (Å²) in [4.78, 5) is 19.1. The molecule has 30 heavy (non-hydrogen) atoms. The van der Waals surface area contributed by atoms with Gasteiger partial charge in [0.2, 0.25) is 17.6 Å². The van der Waals surface area contributed by atoms with E-state index >= 15 is 0 Å². The van der Waals surface area contributed by atoms with Crippen molar-refractivity contribution in [3.63, 3.8) is 0 Å². The molecule has 0 spiro atoms. The first kappa shape index (κ1) is 20.1. The quantitative estimate of drug-likeness (QED) is 0.589. The van der Waals surface area contributed by atoms with Gasteiger partial charge in [-0.25, -0.2) is 4.39 Å². The Kier molecular flexibility index (Phi) is 6.07. The number of amides is 1. The van der Waals surface area contributed by atoms with Crippen LogP contribution in [-0.2, 0) is 17.6 Å².